The summed E-state index contributed by atoms with van der Waals surface area (Å²) >= 11 is 6.04. The van der Waals surface area contributed by atoms with Crippen LogP contribution in [0.3, 0.4) is 0 Å². The molecule has 0 unspecified atom stereocenters. The SMILES string of the molecule is CC1(Nc2ncc3nc(Nc4cc(Cl)cc(C(F)(F)F)c4)n(C4CCN(C(=O)OC(C)(C)C)CC4)c3n2)CCC1. The molecule has 0 bridgehead atoms. The number of benzene rings is 1. The van der Waals surface area contributed by atoms with E-state index in [0.717, 1.165) is 31.4 Å². The van der Waals surface area contributed by atoms with Gasteiger partial charge in [0.2, 0.25) is 11.9 Å². The molecule has 2 fully saturated rings. The number of carbonyl (C=O) groups excluding carboxylic acids is 1. The number of rotatable bonds is 5. The van der Waals surface area contributed by atoms with Gasteiger partial charge in [0.05, 0.1) is 11.8 Å². The van der Waals surface area contributed by atoms with Crippen molar-refractivity contribution in [3.05, 3.63) is 35.0 Å². The molecular weight excluding hydrogens is 547 g/mol. The van der Waals surface area contributed by atoms with Crippen molar-refractivity contribution in [3.63, 3.8) is 0 Å². The van der Waals surface area contributed by atoms with Crippen molar-refractivity contribution in [1.82, 2.24) is 24.4 Å². The zero-order chi connectivity index (χ0) is 28.9. The molecule has 3 heterocycles. The molecule has 216 valence electrons. The van der Waals surface area contributed by atoms with Gasteiger partial charge in [-0.05, 0) is 78.0 Å². The zero-order valence-corrected chi connectivity index (χ0v) is 23.7. The molecule has 2 aromatic heterocycles. The number of hydrogen-bond acceptors (Lipinski definition) is 7. The first-order valence-electron chi connectivity index (χ1n) is 13.4. The molecule has 13 heteroatoms. The monoisotopic (exact) mass is 579 g/mol. The number of likely N-dealkylation sites (tertiary alicyclic amines) is 1. The van der Waals surface area contributed by atoms with Gasteiger partial charge in [-0.1, -0.05) is 11.6 Å². The third kappa shape index (κ3) is 6.21. The van der Waals surface area contributed by atoms with Gasteiger partial charge in [0, 0.05) is 35.4 Å². The maximum atomic E-state index is 13.5. The maximum absolute atomic E-state index is 13.5. The number of nitrogens with zero attached hydrogens (tertiary/aromatic N) is 5. The molecular formula is C27H33ClF3N7O2. The smallest absolute Gasteiger partial charge is 0.416 e. The average molecular weight is 580 g/mol. The number of alkyl halides is 3. The Morgan fingerprint density at radius 1 is 1.12 bits per heavy atom. The highest BCUT2D eigenvalue weighted by atomic mass is 35.5. The van der Waals surface area contributed by atoms with E-state index < -0.39 is 17.3 Å². The number of piperidine rings is 1. The van der Waals surface area contributed by atoms with Crippen LogP contribution < -0.4 is 10.6 Å². The van der Waals surface area contributed by atoms with Gasteiger partial charge >= 0.3 is 12.3 Å². The lowest BCUT2D eigenvalue weighted by Gasteiger charge is -2.39. The van der Waals surface area contributed by atoms with Crippen LogP contribution in [0, 0.1) is 0 Å². The molecule has 3 aromatic rings. The second kappa shape index (κ2) is 10.3. The number of aromatic nitrogens is 4. The predicted octanol–water partition coefficient (Wildman–Crippen LogP) is 7.17. The number of nitrogens with one attached hydrogen (secondary N) is 2. The normalized spacial score (nSPS) is 17.9. The van der Waals surface area contributed by atoms with Crippen LogP contribution in [-0.2, 0) is 10.9 Å². The van der Waals surface area contributed by atoms with Gasteiger partial charge in [-0.15, -0.1) is 0 Å². The van der Waals surface area contributed by atoms with Crippen LogP contribution in [0.4, 0.5) is 35.5 Å². The van der Waals surface area contributed by atoms with E-state index in [2.05, 4.69) is 27.5 Å². The lowest BCUT2D eigenvalue weighted by atomic mass is 9.79. The van der Waals surface area contributed by atoms with E-state index in [1.165, 1.54) is 6.07 Å². The molecule has 0 spiro atoms. The minimum atomic E-state index is -4.56. The van der Waals surface area contributed by atoms with Gasteiger partial charge in [0.15, 0.2) is 5.65 Å². The fourth-order valence-electron chi connectivity index (χ4n) is 5.07. The van der Waals surface area contributed by atoms with E-state index in [4.69, 9.17) is 21.3 Å². The highest BCUT2D eigenvalue weighted by Gasteiger charge is 2.34. The number of carbonyl (C=O) groups is 1. The Hall–Kier alpha value is -3.28. The fourth-order valence-corrected chi connectivity index (χ4v) is 5.31. The summed E-state index contributed by atoms with van der Waals surface area (Å²) in [5, 5.41) is 6.41. The number of amides is 1. The number of halogens is 4. The lowest BCUT2D eigenvalue weighted by molar-refractivity contribution is -0.137. The molecule has 9 nitrogen and oxygen atoms in total. The fraction of sp³-hybridized carbons (Fsp3) is 0.556. The third-order valence-electron chi connectivity index (χ3n) is 7.27. The summed E-state index contributed by atoms with van der Waals surface area (Å²) in [6.07, 6.45) is 0.998. The number of anilines is 3. The molecule has 1 aliphatic heterocycles. The third-order valence-corrected chi connectivity index (χ3v) is 7.48. The Kier molecular flexibility index (Phi) is 7.26. The van der Waals surface area contributed by atoms with Gasteiger partial charge in [0.25, 0.3) is 0 Å². The Bertz CT molecular complexity index is 1410. The summed E-state index contributed by atoms with van der Waals surface area (Å²) in [5.41, 5.74) is -0.342. The Morgan fingerprint density at radius 3 is 2.42 bits per heavy atom. The zero-order valence-electron chi connectivity index (χ0n) is 22.9. The minimum Gasteiger partial charge on any atom is -0.444 e. The predicted molar refractivity (Wildman–Crippen MR) is 147 cm³/mol. The van der Waals surface area contributed by atoms with Crippen molar-refractivity contribution in [2.24, 2.45) is 0 Å². The number of imidazole rings is 1. The molecule has 0 atom stereocenters. The Morgan fingerprint density at radius 2 is 1.82 bits per heavy atom. The van der Waals surface area contributed by atoms with Crippen molar-refractivity contribution in [1.29, 1.82) is 0 Å². The molecule has 5 rings (SSSR count). The van der Waals surface area contributed by atoms with Gasteiger partial charge in [0.1, 0.15) is 11.1 Å². The van der Waals surface area contributed by atoms with E-state index in [0.29, 0.717) is 49.0 Å². The summed E-state index contributed by atoms with van der Waals surface area (Å²) < 4.78 is 47.8. The first kappa shape index (κ1) is 28.3. The number of ether oxygens (including phenoxy) is 1. The topological polar surface area (TPSA) is 97.2 Å². The quantitative estimate of drug-likeness (QED) is 0.331. The molecule has 1 amide bonds. The number of fused-ring (bicyclic) bond motifs is 1. The van der Waals surface area contributed by atoms with Crippen LogP contribution in [-0.4, -0.2) is 54.7 Å². The van der Waals surface area contributed by atoms with E-state index in [9.17, 15) is 18.0 Å². The first-order chi connectivity index (χ1) is 18.7. The lowest BCUT2D eigenvalue weighted by Crippen LogP contribution is -2.42. The molecule has 2 N–H and O–H groups in total. The van der Waals surface area contributed by atoms with Crippen LogP contribution in [0.2, 0.25) is 5.02 Å². The summed E-state index contributed by atoms with van der Waals surface area (Å²) in [5.74, 6) is 0.790. The molecule has 0 radical (unpaired) electrons. The number of hydrogen-bond donors (Lipinski definition) is 2. The largest absolute Gasteiger partial charge is 0.444 e. The summed E-state index contributed by atoms with van der Waals surface area (Å²) in [6, 6.07) is 3.17. The van der Waals surface area contributed by atoms with Crippen molar-refractivity contribution >= 4 is 46.4 Å². The second-order valence-corrected chi connectivity index (χ2v) is 12.2. The first-order valence-corrected chi connectivity index (χ1v) is 13.7. The van der Waals surface area contributed by atoms with Gasteiger partial charge in [-0.25, -0.2) is 14.8 Å². The van der Waals surface area contributed by atoms with E-state index in [1.807, 2.05) is 25.3 Å². The molecule has 1 saturated heterocycles. The Labute approximate surface area is 235 Å². The molecule has 1 saturated carbocycles. The van der Waals surface area contributed by atoms with Crippen LogP contribution in [0.25, 0.3) is 11.2 Å². The van der Waals surface area contributed by atoms with E-state index >= 15 is 0 Å². The van der Waals surface area contributed by atoms with E-state index in [1.54, 1.807) is 11.1 Å². The van der Waals surface area contributed by atoms with Crippen LogP contribution in [0.5, 0.6) is 0 Å². The van der Waals surface area contributed by atoms with Gasteiger partial charge < -0.3 is 20.3 Å². The molecule has 1 aromatic carbocycles. The maximum Gasteiger partial charge on any atom is 0.416 e. The summed E-state index contributed by atoms with van der Waals surface area (Å²) in [7, 11) is 0. The minimum absolute atomic E-state index is 0.0503. The average Bonchev–Trinajstić information content (AvgIpc) is 3.18. The van der Waals surface area contributed by atoms with Crippen molar-refractivity contribution < 1.29 is 22.7 Å². The van der Waals surface area contributed by atoms with Crippen LogP contribution in [0.1, 0.15) is 71.4 Å². The van der Waals surface area contributed by atoms with E-state index in [-0.39, 0.29) is 28.4 Å². The standard InChI is InChI=1S/C27H33ClF3N7O2/c1-25(2,3)40-24(39)37-10-6-19(7-11-37)38-21-20(15-32-22(35-21)36-26(4)8-5-9-26)34-23(38)33-18-13-16(27(29,30)31)12-17(28)14-18/h12-15,19H,5-11H2,1-4H3,(H,33,34)(H,32,35,36). The molecule has 40 heavy (non-hydrogen) atoms. The Balaban J connectivity index is 1.48. The second-order valence-electron chi connectivity index (χ2n) is 11.8. The van der Waals surface area contributed by atoms with Crippen LogP contribution in [0.15, 0.2) is 24.4 Å². The van der Waals surface area contributed by atoms with Gasteiger partial charge in [-0.3, -0.25) is 4.57 Å². The summed E-state index contributed by atoms with van der Waals surface area (Å²) in [6.45, 7) is 8.48. The highest BCUT2D eigenvalue weighted by Crippen LogP contribution is 2.37. The van der Waals surface area contributed by atoms with Gasteiger partial charge in [-0.2, -0.15) is 18.2 Å². The van der Waals surface area contributed by atoms with Crippen molar-refractivity contribution in [2.45, 2.75) is 83.2 Å². The molecule has 2 aliphatic rings. The van der Waals surface area contributed by atoms with Crippen LogP contribution >= 0.6 is 11.6 Å². The highest BCUT2D eigenvalue weighted by molar-refractivity contribution is 6.31. The van der Waals surface area contributed by atoms with Crippen molar-refractivity contribution in [3.8, 4) is 0 Å². The molecule has 1 aliphatic carbocycles. The van der Waals surface area contributed by atoms with Crippen molar-refractivity contribution in [2.75, 3.05) is 23.7 Å². The summed E-state index contributed by atoms with van der Waals surface area (Å²) in [4.78, 5) is 28.2.